The minimum Gasteiger partial charge on any atom is -0.0922 e. The Bertz CT molecular complexity index is 17.9. The summed E-state index contributed by atoms with van der Waals surface area (Å²) in [5, 5.41) is 0. The summed E-state index contributed by atoms with van der Waals surface area (Å²) in [5.74, 6) is 0. The number of hydrogen-bond donors (Lipinski definition) is 0. The maximum absolute atomic E-state index is 2.12. The first-order chi connectivity index (χ1) is 3.33. The van der Waals surface area contributed by atoms with Crippen molar-refractivity contribution in [3.05, 3.63) is 0 Å². The van der Waals surface area contributed by atoms with Gasteiger partial charge in [0.1, 0.15) is 14.6 Å². The molecule has 3 heteroatoms. The molecule has 0 aromatic carbocycles. The molecule has 0 N–H and O–H groups in total. The van der Waals surface area contributed by atoms with Gasteiger partial charge in [-0.15, -0.1) is 0 Å². The van der Waals surface area contributed by atoms with Crippen molar-refractivity contribution in [2.45, 2.75) is 33.7 Å². The third-order valence-electron chi connectivity index (χ3n) is 0.408. The van der Waals surface area contributed by atoms with Gasteiger partial charge in [-0.05, 0) is 0 Å². The molecule has 0 spiro atoms. The third-order valence-corrected chi connectivity index (χ3v) is 0.408. The van der Waals surface area contributed by atoms with E-state index in [0.29, 0.717) is 0 Å². The van der Waals surface area contributed by atoms with Gasteiger partial charge in [-0.3, -0.25) is 0 Å². The summed E-state index contributed by atoms with van der Waals surface area (Å²) in [6.07, 6.45) is 1.19. The Hall–Kier alpha value is 1.23. The zero-order valence-corrected chi connectivity index (χ0v) is 9.28. The molecule has 0 saturated heterocycles. The zero-order valence-electron chi connectivity index (χ0n) is 6.44. The quantitative estimate of drug-likeness (QED) is 0.547. The van der Waals surface area contributed by atoms with Crippen LogP contribution in [0.2, 0.25) is 26.8 Å². The first-order valence-corrected chi connectivity index (χ1v) is 2.85. The van der Waals surface area contributed by atoms with E-state index in [1.54, 1.807) is 0 Å². The van der Waals surface area contributed by atoms with Crippen LogP contribution in [0.4, 0.5) is 0 Å². The maximum atomic E-state index is 2.12. The van der Waals surface area contributed by atoms with Crippen LogP contribution in [0.1, 0.15) is 6.92 Å². The molecule has 0 rings (SSSR count). The number of rotatable bonds is 1. The van der Waals surface area contributed by atoms with E-state index in [1.165, 1.54) is 6.32 Å². The van der Waals surface area contributed by atoms with Crippen LogP contribution in [0.25, 0.3) is 0 Å². The molecule has 0 nitrogen and oxygen atoms in total. The summed E-state index contributed by atoms with van der Waals surface area (Å²) in [6.45, 7) is 8.18. The maximum Gasteiger partial charge on any atom is 0.105 e. The van der Waals surface area contributed by atoms with Crippen molar-refractivity contribution in [3.8, 4) is 0 Å². The fourth-order valence-corrected chi connectivity index (χ4v) is 0. The topological polar surface area (TPSA) is 0 Å². The molecule has 0 bridgehead atoms. The van der Waals surface area contributed by atoms with E-state index in [1.807, 2.05) is 20.9 Å². The molecule has 0 atom stereocenters. The zero-order chi connectivity index (χ0) is 6.12. The summed E-state index contributed by atoms with van der Waals surface area (Å²) < 4.78 is 0. The van der Waals surface area contributed by atoms with Crippen LogP contribution < -0.4 is 0 Å². The van der Waals surface area contributed by atoms with Crippen molar-refractivity contribution in [2.24, 2.45) is 0 Å². The minimum atomic E-state index is 0. The smallest absolute Gasteiger partial charge is 0.0922 e. The molecular weight excluding hydrogens is 171 g/mol. The molecule has 0 aliphatic heterocycles. The summed E-state index contributed by atoms with van der Waals surface area (Å²) in [5.41, 5.74) is 0. The van der Waals surface area contributed by atoms with E-state index in [0.717, 1.165) is 0 Å². The second-order valence-corrected chi connectivity index (χ2v) is 1.39. The molecule has 0 unspecified atom stereocenters. The Labute approximate surface area is 80.6 Å². The molecule has 0 fully saturated rings. The van der Waals surface area contributed by atoms with Crippen molar-refractivity contribution in [3.63, 3.8) is 0 Å². The summed E-state index contributed by atoms with van der Waals surface area (Å²) in [4.78, 5) is 0. The normalized spacial score (nSPS) is 5.00. The van der Waals surface area contributed by atoms with Gasteiger partial charge in [-0.25, -0.2) is 0 Å². The Morgan fingerprint density at radius 3 is 1.25 bits per heavy atom. The standard InChI is InChI=1S/C3H8B.C2H6B.Y/c1-3-4-2;1-3-2;/h3H2,1-2H3;1-2H3;. The third kappa shape index (κ3) is 56.3. The molecule has 0 saturated carbocycles. The van der Waals surface area contributed by atoms with Crippen LogP contribution in [0.15, 0.2) is 0 Å². The Kier molecular flexibility index (Phi) is 48.4. The van der Waals surface area contributed by atoms with Gasteiger partial charge in [0.15, 0.2) is 0 Å². The monoisotopic (exact) mass is 185 g/mol. The molecular formula is C5H14B2Y. The molecule has 3 radical (unpaired) electrons. The second kappa shape index (κ2) is 24.0. The van der Waals surface area contributed by atoms with Crippen molar-refractivity contribution in [1.29, 1.82) is 0 Å². The van der Waals surface area contributed by atoms with Crippen LogP contribution in [0.3, 0.4) is 0 Å². The Balaban J connectivity index is -0.0000000575. The van der Waals surface area contributed by atoms with Gasteiger partial charge in [0.25, 0.3) is 0 Å². The van der Waals surface area contributed by atoms with Crippen molar-refractivity contribution in [1.82, 2.24) is 0 Å². The van der Waals surface area contributed by atoms with E-state index in [-0.39, 0.29) is 32.7 Å². The Morgan fingerprint density at radius 2 is 1.25 bits per heavy atom. The predicted molar refractivity (Wildman–Crippen MR) is 39.6 cm³/mol. The van der Waals surface area contributed by atoms with E-state index >= 15 is 0 Å². The summed E-state index contributed by atoms with van der Waals surface area (Å²) >= 11 is 0. The molecule has 0 aliphatic carbocycles. The summed E-state index contributed by atoms with van der Waals surface area (Å²) in [7, 11) is 4.12. The summed E-state index contributed by atoms with van der Waals surface area (Å²) in [6, 6.07) is 0. The fraction of sp³-hybridized carbons (Fsp3) is 1.00. The van der Waals surface area contributed by atoms with Crippen molar-refractivity contribution < 1.29 is 32.7 Å². The first-order valence-electron chi connectivity index (χ1n) is 2.85. The van der Waals surface area contributed by atoms with Gasteiger partial charge in [-0.1, -0.05) is 33.7 Å². The van der Waals surface area contributed by atoms with E-state index in [4.69, 9.17) is 0 Å². The van der Waals surface area contributed by atoms with Crippen molar-refractivity contribution in [2.75, 3.05) is 0 Å². The van der Waals surface area contributed by atoms with E-state index < -0.39 is 0 Å². The van der Waals surface area contributed by atoms with Gasteiger partial charge >= 0.3 is 0 Å². The van der Waals surface area contributed by atoms with Crippen LogP contribution in [0.5, 0.6) is 0 Å². The van der Waals surface area contributed by atoms with E-state index in [2.05, 4.69) is 21.0 Å². The largest absolute Gasteiger partial charge is 0.105 e. The van der Waals surface area contributed by atoms with Crippen LogP contribution in [0, 0.1) is 0 Å². The Morgan fingerprint density at radius 1 is 1.12 bits per heavy atom. The average Bonchev–Trinajstić information content (AvgIpc) is 1.69. The predicted octanol–water partition coefficient (Wildman–Crippen LogP) is 1.96. The van der Waals surface area contributed by atoms with Gasteiger partial charge in [0.2, 0.25) is 0 Å². The molecule has 0 amide bonds. The fourth-order valence-electron chi connectivity index (χ4n) is 0. The first kappa shape index (κ1) is 16.1. The van der Waals surface area contributed by atoms with Gasteiger partial charge < -0.3 is 0 Å². The molecule has 8 heavy (non-hydrogen) atoms. The average molecular weight is 185 g/mol. The molecule has 0 heterocycles. The SMILES string of the molecule is C[B]C.C[B]CC.[Y]. The van der Waals surface area contributed by atoms with Gasteiger partial charge in [-0.2, -0.15) is 0 Å². The van der Waals surface area contributed by atoms with Crippen LogP contribution in [-0.2, 0) is 32.7 Å². The molecule has 0 aromatic heterocycles. The van der Waals surface area contributed by atoms with E-state index in [9.17, 15) is 0 Å². The molecule has 0 aromatic rings. The van der Waals surface area contributed by atoms with Gasteiger partial charge in [0.05, 0.1) is 0 Å². The molecule has 0 aliphatic rings. The van der Waals surface area contributed by atoms with Crippen LogP contribution >= 0.6 is 0 Å². The van der Waals surface area contributed by atoms with Gasteiger partial charge in [0, 0.05) is 32.7 Å². The number of hydrogen-bond acceptors (Lipinski definition) is 0. The minimum absolute atomic E-state index is 0. The van der Waals surface area contributed by atoms with Crippen LogP contribution in [-0.4, -0.2) is 14.6 Å². The second-order valence-electron chi connectivity index (χ2n) is 1.39. The molecule has 43 valence electrons. The van der Waals surface area contributed by atoms with Crippen molar-refractivity contribution >= 4 is 14.6 Å².